The summed E-state index contributed by atoms with van der Waals surface area (Å²) in [6.07, 6.45) is 9.93. The molecule has 0 aromatic heterocycles. The van der Waals surface area contributed by atoms with Crippen molar-refractivity contribution in [3.63, 3.8) is 0 Å². The molecule has 0 saturated heterocycles. The Morgan fingerprint density at radius 3 is 2.84 bits per heavy atom. The summed E-state index contributed by atoms with van der Waals surface area (Å²) in [6.45, 7) is 1.18. The van der Waals surface area contributed by atoms with E-state index in [0.29, 0.717) is 12.1 Å². The third-order valence-electron chi connectivity index (χ3n) is 2.87. The van der Waals surface area contributed by atoms with Gasteiger partial charge in [0.15, 0.2) is 5.78 Å². The van der Waals surface area contributed by atoms with E-state index in [0.717, 1.165) is 13.0 Å². The Morgan fingerprint density at radius 1 is 1.16 bits per heavy atom. The SMILES string of the molecule is O=C(CNCCc1ccccc1)C1=CC=CNC=C1. The van der Waals surface area contributed by atoms with Crippen molar-refractivity contribution >= 4 is 5.78 Å². The molecule has 0 fully saturated rings. The summed E-state index contributed by atoms with van der Waals surface area (Å²) in [5.74, 6) is 0.109. The normalized spacial score (nSPS) is 13.6. The lowest BCUT2D eigenvalue weighted by molar-refractivity contribution is -0.114. The molecule has 0 radical (unpaired) electrons. The standard InChI is InChI=1S/C16H18N2O/c19-16(15-7-4-10-17-12-9-15)13-18-11-8-14-5-2-1-3-6-14/h1-7,9-10,12,17-18H,8,11,13H2. The number of benzene rings is 1. The zero-order valence-corrected chi connectivity index (χ0v) is 10.8. The van der Waals surface area contributed by atoms with Crippen LogP contribution in [0.2, 0.25) is 0 Å². The van der Waals surface area contributed by atoms with Gasteiger partial charge < -0.3 is 10.6 Å². The molecule has 19 heavy (non-hydrogen) atoms. The van der Waals surface area contributed by atoms with Gasteiger partial charge in [-0.05, 0) is 36.8 Å². The molecule has 0 saturated carbocycles. The first-order chi connectivity index (χ1) is 9.36. The number of ketones is 1. The van der Waals surface area contributed by atoms with E-state index in [1.807, 2.05) is 30.4 Å². The van der Waals surface area contributed by atoms with Crippen LogP contribution >= 0.6 is 0 Å². The zero-order valence-electron chi connectivity index (χ0n) is 10.8. The molecule has 0 atom stereocenters. The molecule has 98 valence electrons. The van der Waals surface area contributed by atoms with Crippen molar-refractivity contribution in [2.75, 3.05) is 13.1 Å². The van der Waals surface area contributed by atoms with Gasteiger partial charge in [0.05, 0.1) is 6.54 Å². The summed E-state index contributed by atoms with van der Waals surface area (Å²) in [4.78, 5) is 11.9. The Kier molecular flexibility index (Phi) is 5.14. The molecule has 0 spiro atoms. The maximum atomic E-state index is 11.9. The van der Waals surface area contributed by atoms with Crippen molar-refractivity contribution in [1.29, 1.82) is 0 Å². The highest BCUT2D eigenvalue weighted by atomic mass is 16.1. The highest BCUT2D eigenvalue weighted by molar-refractivity contribution is 5.99. The van der Waals surface area contributed by atoms with Gasteiger partial charge >= 0.3 is 0 Å². The molecule has 1 aliphatic heterocycles. The van der Waals surface area contributed by atoms with Crippen molar-refractivity contribution in [2.45, 2.75) is 6.42 Å². The number of carbonyl (C=O) groups is 1. The highest BCUT2D eigenvalue weighted by Gasteiger charge is 2.05. The van der Waals surface area contributed by atoms with Gasteiger partial charge in [0.1, 0.15) is 0 Å². The second-order valence-electron chi connectivity index (χ2n) is 4.32. The summed E-state index contributed by atoms with van der Waals surface area (Å²) < 4.78 is 0. The predicted molar refractivity (Wildman–Crippen MR) is 77.5 cm³/mol. The van der Waals surface area contributed by atoms with Crippen LogP contribution in [0.1, 0.15) is 5.56 Å². The summed E-state index contributed by atoms with van der Waals surface area (Å²) >= 11 is 0. The minimum Gasteiger partial charge on any atom is -0.368 e. The predicted octanol–water partition coefficient (Wildman–Crippen LogP) is 1.94. The number of carbonyl (C=O) groups excluding carboxylic acids is 1. The van der Waals surface area contributed by atoms with Gasteiger partial charge in [-0.25, -0.2) is 0 Å². The zero-order chi connectivity index (χ0) is 13.3. The molecule has 2 rings (SSSR count). The van der Waals surface area contributed by atoms with Gasteiger partial charge in [-0.2, -0.15) is 0 Å². The quantitative estimate of drug-likeness (QED) is 0.762. The molecular formula is C16H18N2O. The van der Waals surface area contributed by atoms with Gasteiger partial charge in [0.2, 0.25) is 0 Å². The summed E-state index contributed by atoms with van der Waals surface area (Å²) in [5.41, 5.74) is 2.00. The van der Waals surface area contributed by atoms with E-state index < -0.39 is 0 Å². The Balaban J connectivity index is 1.72. The maximum absolute atomic E-state index is 11.9. The Hall–Kier alpha value is -2.13. The molecule has 1 aliphatic rings. The lowest BCUT2D eigenvalue weighted by Gasteiger charge is -2.04. The van der Waals surface area contributed by atoms with Crippen LogP contribution in [-0.2, 0) is 11.2 Å². The molecule has 1 aromatic rings. The minimum atomic E-state index is 0.109. The first-order valence-corrected chi connectivity index (χ1v) is 6.43. The first kappa shape index (κ1) is 13.3. The Morgan fingerprint density at radius 2 is 2.00 bits per heavy atom. The number of allylic oxidation sites excluding steroid dienone is 3. The van der Waals surface area contributed by atoms with Crippen molar-refractivity contribution in [2.24, 2.45) is 0 Å². The number of hydrogen-bond donors (Lipinski definition) is 2. The van der Waals surface area contributed by atoms with Crippen LogP contribution in [0.5, 0.6) is 0 Å². The van der Waals surface area contributed by atoms with Crippen LogP contribution in [0, 0.1) is 0 Å². The molecule has 0 amide bonds. The molecule has 0 bridgehead atoms. The lowest BCUT2D eigenvalue weighted by Crippen LogP contribution is -2.25. The average Bonchev–Trinajstić information content (AvgIpc) is 2.73. The third kappa shape index (κ3) is 4.56. The summed E-state index contributed by atoms with van der Waals surface area (Å²) in [7, 11) is 0. The molecule has 0 unspecified atom stereocenters. The van der Waals surface area contributed by atoms with E-state index in [1.165, 1.54) is 5.56 Å². The summed E-state index contributed by atoms with van der Waals surface area (Å²) in [5, 5.41) is 6.12. The number of nitrogens with one attached hydrogen (secondary N) is 2. The molecular weight excluding hydrogens is 236 g/mol. The molecule has 0 aliphatic carbocycles. The van der Waals surface area contributed by atoms with Crippen LogP contribution in [0.25, 0.3) is 0 Å². The Labute approximate surface area is 113 Å². The van der Waals surface area contributed by atoms with Gasteiger partial charge in [0.25, 0.3) is 0 Å². The fourth-order valence-corrected chi connectivity index (χ4v) is 1.82. The van der Waals surface area contributed by atoms with E-state index in [1.54, 1.807) is 18.5 Å². The molecule has 1 aromatic carbocycles. The van der Waals surface area contributed by atoms with E-state index in [2.05, 4.69) is 22.8 Å². The van der Waals surface area contributed by atoms with Gasteiger partial charge in [-0.3, -0.25) is 4.79 Å². The van der Waals surface area contributed by atoms with Gasteiger partial charge in [-0.15, -0.1) is 0 Å². The molecule has 3 heteroatoms. The van der Waals surface area contributed by atoms with Crippen LogP contribution in [0.3, 0.4) is 0 Å². The van der Waals surface area contributed by atoms with E-state index >= 15 is 0 Å². The number of rotatable bonds is 6. The molecule has 1 heterocycles. The highest BCUT2D eigenvalue weighted by Crippen LogP contribution is 2.02. The van der Waals surface area contributed by atoms with Crippen molar-refractivity contribution in [3.05, 3.63) is 72.1 Å². The molecule has 3 nitrogen and oxygen atoms in total. The maximum Gasteiger partial charge on any atom is 0.176 e. The fraction of sp³-hybridized carbons (Fsp3) is 0.188. The lowest BCUT2D eigenvalue weighted by atomic mass is 10.1. The van der Waals surface area contributed by atoms with Gasteiger partial charge in [0, 0.05) is 18.0 Å². The first-order valence-electron chi connectivity index (χ1n) is 6.43. The fourth-order valence-electron chi connectivity index (χ4n) is 1.82. The van der Waals surface area contributed by atoms with Crippen LogP contribution in [0.4, 0.5) is 0 Å². The van der Waals surface area contributed by atoms with E-state index in [4.69, 9.17) is 0 Å². The Bertz CT molecular complexity index is 501. The van der Waals surface area contributed by atoms with E-state index in [9.17, 15) is 4.79 Å². The third-order valence-corrected chi connectivity index (χ3v) is 2.87. The van der Waals surface area contributed by atoms with E-state index in [-0.39, 0.29) is 5.78 Å². The second kappa shape index (κ2) is 7.34. The average molecular weight is 254 g/mol. The van der Waals surface area contributed by atoms with Gasteiger partial charge in [-0.1, -0.05) is 30.3 Å². The van der Waals surface area contributed by atoms with Crippen molar-refractivity contribution in [3.8, 4) is 0 Å². The second-order valence-corrected chi connectivity index (χ2v) is 4.32. The monoisotopic (exact) mass is 254 g/mol. The van der Waals surface area contributed by atoms with Crippen molar-refractivity contribution < 1.29 is 4.79 Å². The van der Waals surface area contributed by atoms with Crippen LogP contribution < -0.4 is 10.6 Å². The largest absolute Gasteiger partial charge is 0.368 e. The number of hydrogen-bond acceptors (Lipinski definition) is 3. The van der Waals surface area contributed by atoms with Crippen molar-refractivity contribution in [1.82, 2.24) is 10.6 Å². The van der Waals surface area contributed by atoms with Crippen LogP contribution in [0.15, 0.2) is 66.5 Å². The smallest absolute Gasteiger partial charge is 0.176 e. The minimum absolute atomic E-state index is 0.109. The topological polar surface area (TPSA) is 41.1 Å². The summed E-state index contributed by atoms with van der Waals surface area (Å²) in [6, 6.07) is 10.3. The molecule has 2 N–H and O–H groups in total. The number of Topliss-reactive ketones (excluding diaryl/α,β-unsaturated/α-hetero) is 1. The van der Waals surface area contributed by atoms with Crippen LogP contribution in [-0.4, -0.2) is 18.9 Å².